The van der Waals surface area contributed by atoms with E-state index in [0.717, 1.165) is 17.7 Å². The molecule has 0 saturated carbocycles. The normalized spacial score (nSPS) is 26.5. The van der Waals surface area contributed by atoms with Crippen LogP contribution in [0.2, 0.25) is 0 Å². The number of esters is 1. The number of nitrogens with zero attached hydrogens (tertiary/aromatic N) is 3. The number of piperidine rings is 1. The van der Waals surface area contributed by atoms with Gasteiger partial charge in [0, 0.05) is 37.8 Å². The Kier molecular flexibility index (Phi) is 12.7. The highest BCUT2D eigenvalue weighted by Crippen LogP contribution is 2.27. The summed E-state index contributed by atoms with van der Waals surface area (Å²) in [5.41, 5.74) is 1.36. The lowest BCUT2D eigenvalue weighted by atomic mass is 9.99. The van der Waals surface area contributed by atoms with E-state index in [1.54, 1.807) is 24.3 Å². The molecule has 7 amide bonds. The highest BCUT2D eigenvalue weighted by molar-refractivity contribution is 5.98. The Morgan fingerprint density at radius 1 is 0.789 bits per heavy atom. The summed E-state index contributed by atoms with van der Waals surface area (Å²) in [5.74, 6) is -5.82. The van der Waals surface area contributed by atoms with Crippen molar-refractivity contribution < 1.29 is 47.1 Å². The maximum absolute atomic E-state index is 14.6. The molecule has 4 fully saturated rings. The molecular weight excluding hydrogens is 744 g/mol. The minimum atomic E-state index is -1.61. The molecule has 306 valence electrons. The Labute approximate surface area is 329 Å². The Morgan fingerprint density at radius 2 is 1.39 bits per heavy atom. The predicted molar refractivity (Wildman–Crippen MR) is 201 cm³/mol. The van der Waals surface area contributed by atoms with E-state index in [0.29, 0.717) is 43.9 Å². The summed E-state index contributed by atoms with van der Waals surface area (Å²) < 4.78 is 34.4. The summed E-state index contributed by atoms with van der Waals surface area (Å²) in [6, 6.07) is 1.61. The lowest BCUT2D eigenvalue weighted by molar-refractivity contribution is -0.163. The molecule has 0 aliphatic carbocycles. The molecule has 0 unspecified atom stereocenters. The summed E-state index contributed by atoms with van der Waals surface area (Å²) in [7, 11) is 0. The van der Waals surface area contributed by atoms with Crippen LogP contribution in [0, 0.1) is 18.6 Å². The molecule has 4 aliphatic rings. The number of benzene rings is 2. The second-order valence-corrected chi connectivity index (χ2v) is 15.3. The van der Waals surface area contributed by atoms with Gasteiger partial charge in [-0.2, -0.15) is 0 Å². The maximum atomic E-state index is 14.6. The fraction of sp³-hybridized carbons (Fsp3) is 0.525. The summed E-state index contributed by atoms with van der Waals surface area (Å²) in [6.07, 6.45) is 1.32. The van der Waals surface area contributed by atoms with Crippen LogP contribution >= 0.6 is 0 Å². The number of urea groups is 1. The molecule has 7 atom stereocenters. The SMILES string of the molecule is Cc1ccc(NC(=O)N[C@@H](Cc2cc(F)cc(F)c2)C(=O)N[C@@H]2C(=O)N3CCC[C@H]3C(=O)N3CCCC[C@H]3C(=O)N[C@@H](C)C(=O)N3CCC[C@H]3C(=O)O[C@H]2C)cc1. The maximum Gasteiger partial charge on any atom is 0.329 e. The number of ether oxygens (including phenoxy) is 1. The molecule has 0 bridgehead atoms. The monoisotopic (exact) mass is 793 g/mol. The molecule has 17 heteroatoms. The number of hydrogen-bond donors (Lipinski definition) is 4. The van der Waals surface area contributed by atoms with Gasteiger partial charge in [0.1, 0.15) is 54.0 Å². The Hall–Kier alpha value is -5.61. The van der Waals surface area contributed by atoms with Crippen LogP contribution in [-0.4, -0.2) is 118 Å². The van der Waals surface area contributed by atoms with Crippen molar-refractivity contribution in [3.8, 4) is 0 Å². The van der Waals surface area contributed by atoms with E-state index in [4.69, 9.17) is 4.74 Å². The number of fused-ring (bicyclic) bond motifs is 3. The smallest absolute Gasteiger partial charge is 0.329 e. The summed E-state index contributed by atoms with van der Waals surface area (Å²) in [4.78, 5) is 102. The van der Waals surface area contributed by atoms with Gasteiger partial charge in [-0.15, -0.1) is 0 Å². The minimum absolute atomic E-state index is 0.0256. The van der Waals surface area contributed by atoms with Gasteiger partial charge in [0.05, 0.1) is 0 Å². The van der Waals surface area contributed by atoms with E-state index in [-0.39, 0.29) is 38.0 Å². The number of rotatable bonds is 6. The number of hydrogen-bond acceptors (Lipinski definition) is 8. The van der Waals surface area contributed by atoms with Crippen molar-refractivity contribution in [1.82, 2.24) is 30.7 Å². The van der Waals surface area contributed by atoms with Crippen molar-refractivity contribution in [3.05, 3.63) is 65.2 Å². The molecular formula is C40H49F2N7O8. The number of carbonyl (C=O) groups is 7. The van der Waals surface area contributed by atoms with Gasteiger partial charge in [-0.3, -0.25) is 24.0 Å². The molecule has 4 heterocycles. The standard InChI is InChI=1S/C40H49F2N7O8/c1-22-11-13-28(14-12-22)44-40(56)45-29(20-25-18-26(41)21-27(42)19-25)34(50)46-33-24(3)57-39(55)32-10-7-17-49(32)36(52)23(2)43-35(51)30-8-4-5-15-47(30)37(53)31-9-6-16-48(31)38(33)54/h11-14,18-19,21,23-24,29-33H,4-10,15-17,20H2,1-3H3,(H,43,51)(H,46,50)(H2,44,45,56)/t23-,24-,29-,30-,31-,32-,33-/m0/s1. The van der Waals surface area contributed by atoms with E-state index < -0.39 is 102 Å². The van der Waals surface area contributed by atoms with Crippen molar-refractivity contribution >= 4 is 47.2 Å². The first-order chi connectivity index (χ1) is 27.2. The average molecular weight is 794 g/mol. The number of cyclic esters (lactones) is 1. The molecule has 57 heavy (non-hydrogen) atoms. The van der Waals surface area contributed by atoms with Gasteiger partial charge in [0.2, 0.25) is 29.5 Å². The zero-order valence-corrected chi connectivity index (χ0v) is 32.2. The number of amides is 7. The fourth-order valence-electron chi connectivity index (χ4n) is 8.12. The van der Waals surface area contributed by atoms with E-state index in [9.17, 15) is 42.3 Å². The highest BCUT2D eigenvalue weighted by atomic mass is 19.1. The van der Waals surface area contributed by atoms with Crippen LogP contribution in [0.25, 0.3) is 0 Å². The number of anilines is 1. The lowest BCUT2D eigenvalue weighted by Gasteiger charge is -2.39. The molecule has 0 radical (unpaired) electrons. The topological polar surface area (TPSA) is 187 Å². The first-order valence-electron chi connectivity index (χ1n) is 19.5. The van der Waals surface area contributed by atoms with Crippen molar-refractivity contribution in [3.63, 3.8) is 0 Å². The van der Waals surface area contributed by atoms with Crippen molar-refractivity contribution in [2.24, 2.45) is 0 Å². The van der Waals surface area contributed by atoms with Gasteiger partial charge < -0.3 is 40.7 Å². The van der Waals surface area contributed by atoms with Crippen molar-refractivity contribution in [2.75, 3.05) is 25.0 Å². The third-order valence-electron chi connectivity index (χ3n) is 11.1. The van der Waals surface area contributed by atoms with Crippen LogP contribution < -0.4 is 21.3 Å². The van der Waals surface area contributed by atoms with E-state index in [1.807, 2.05) is 6.92 Å². The second kappa shape index (κ2) is 17.7. The Bertz CT molecular complexity index is 1880. The average Bonchev–Trinajstić information content (AvgIpc) is 3.87. The first-order valence-corrected chi connectivity index (χ1v) is 19.5. The molecule has 0 spiro atoms. The minimum Gasteiger partial charge on any atom is -0.458 e. The molecule has 4 aliphatic heterocycles. The zero-order valence-electron chi connectivity index (χ0n) is 32.2. The lowest BCUT2D eigenvalue weighted by Crippen LogP contribution is -2.63. The zero-order chi connectivity index (χ0) is 41.0. The highest BCUT2D eigenvalue weighted by Gasteiger charge is 2.46. The first kappa shape index (κ1) is 41.0. The van der Waals surface area contributed by atoms with Gasteiger partial charge in [0.15, 0.2) is 0 Å². The summed E-state index contributed by atoms with van der Waals surface area (Å²) >= 11 is 0. The molecule has 6 rings (SSSR count). The van der Waals surface area contributed by atoms with Crippen LogP contribution in [0.1, 0.15) is 69.9 Å². The van der Waals surface area contributed by atoms with Gasteiger partial charge >= 0.3 is 12.0 Å². The van der Waals surface area contributed by atoms with E-state index >= 15 is 0 Å². The van der Waals surface area contributed by atoms with Crippen molar-refractivity contribution in [2.45, 2.75) is 114 Å². The Morgan fingerprint density at radius 3 is 2.07 bits per heavy atom. The van der Waals surface area contributed by atoms with Crippen LogP contribution in [0.15, 0.2) is 42.5 Å². The van der Waals surface area contributed by atoms with Crippen LogP contribution in [0.5, 0.6) is 0 Å². The van der Waals surface area contributed by atoms with Gasteiger partial charge in [-0.1, -0.05) is 17.7 Å². The van der Waals surface area contributed by atoms with Gasteiger partial charge in [-0.25, -0.2) is 18.4 Å². The number of carbonyl (C=O) groups excluding carboxylic acids is 7. The molecule has 2 aromatic carbocycles. The van der Waals surface area contributed by atoms with E-state index in [1.165, 1.54) is 28.5 Å². The molecule has 15 nitrogen and oxygen atoms in total. The quantitative estimate of drug-likeness (QED) is 0.321. The van der Waals surface area contributed by atoms with Gasteiger partial charge in [-0.05, 0) is 95.5 Å². The number of nitrogens with one attached hydrogen (secondary N) is 4. The summed E-state index contributed by atoms with van der Waals surface area (Å²) in [6.45, 7) is 5.39. The van der Waals surface area contributed by atoms with E-state index in [2.05, 4.69) is 21.3 Å². The molecule has 0 aromatic heterocycles. The van der Waals surface area contributed by atoms with Gasteiger partial charge in [0.25, 0.3) is 0 Å². The molecule has 4 saturated heterocycles. The summed E-state index contributed by atoms with van der Waals surface area (Å²) in [5, 5.41) is 10.5. The largest absolute Gasteiger partial charge is 0.458 e. The van der Waals surface area contributed by atoms with Crippen LogP contribution in [0.3, 0.4) is 0 Å². The molecule has 2 aromatic rings. The predicted octanol–water partition coefficient (Wildman–Crippen LogP) is 2.30. The van der Waals surface area contributed by atoms with Crippen molar-refractivity contribution in [1.29, 1.82) is 0 Å². The van der Waals surface area contributed by atoms with Crippen LogP contribution in [-0.2, 0) is 39.9 Å². The Balaban J connectivity index is 1.33. The second-order valence-electron chi connectivity index (χ2n) is 15.3. The molecule has 4 N–H and O–H groups in total. The van der Waals surface area contributed by atoms with Crippen LogP contribution in [0.4, 0.5) is 19.3 Å². The third kappa shape index (κ3) is 9.51. The third-order valence-corrected chi connectivity index (χ3v) is 11.1. The fourth-order valence-corrected chi connectivity index (χ4v) is 8.12. The number of halogens is 2. The number of aryl methyl sites for hydroxylation is 1.